The number of aromatic nitrogens is 1. The second kappa shape index (κ2) is 6.46. The van der Waals surface area contributed by atoms with E-state index in [-0.39, 0.29) is 29.2 Å². The van der Waals surface area contributed by atoms with Gasteiger partial charge in [-0.1, -0.05) is 11.3 Å². The number of amides is 2. The van der Waals surface area contributed by atoms with Crippen LogP contribution in [0.1, 0.15) is 4.88 Å². The van der Waals surface area contributed by atoms with Crippen molar-refractivity contribution >= 4 is 45.9 Å². The first-order valence-electron chi connectivity index (χ1n) is 6.68. The Morgan fingerprint density at radius 3 is 3.00 bits per heavy atom. The molecular formula is C14H10N4O5S. The normalized spacial score (nSPS) is 13.1. The maximum atomic E-state index is 11.9. The average molecular weight is 346 g/mol. The second-order valence-electron chi connectivity index (χ2n) is 4.64. The number of anilines is 2. The summed E-state index contributed by atoms with van der Waals surface area (Å²) in [5.41, 5.74) is 0. The molecule has 0 radical (unpaired) electrons. The van der Waals surface area contributed by atoms with Crippen molar-refractivity contribution in [3.8, 4) is 5.75 Å². The molecule has 1 aliphatic heterocycles. The molecule has 3 rings (SSSR count). The van der Waals surface area contributed by atoms with Crippen LogP contribution < -0.4 is 15.4 Å². The Balaban J connectivity index is 1.66. The van der Waals surface area contributed by atoms with E-state index in [9.17, 15) is 19.7 Å². The number of carbonyl (C=O) groups is 2. The molecule has 2 amide bonds. The van der Waals surface area contributed by atoms with E-state index in [1.54, 1.807) is 12.1 Å². The molecule has 3 heterocycles. The number of nitrogens with zero attached hydrogens (tertiary/aromatic N) is 2. The van der Waals surface area contributed by atoms with E-state index in [1.807, 2.05) is 0 Å². The summed E-state index contributed by atoms with van der Waals surface area (Å²) in [5, 5.41) is 15.7. The van der Waals surface area contributed by atoms with Crippen LogP contribution in [0.2, 0.25) is 0 Å². The molecule has 122 valence electrons. The molecule has 0 unspecified atom stereocenters. The van der Waals surface area contributed by atoms with Gasteiger partial charge in [0.25, 0.3) is 5.91 Å². The van der Waals surface area contributed by atoms with Crippen LogP contribution in [0, 0.1) is 10.1 Å². The maximum Gasteiger partial charge on any atom is 0.324 e. The smallest absolute Gasteiger partial charge is 0.324 e. The highest BCUT2D eigenvalue weighted by molar-refractivity contribution is 7.16. The van der Waals surface area contributed by atoms with Crippen molar-refractivity contribution in [2.45, 2.75) is 0 Å². The molecule has 9 nitrogen and oxygen atoms in total. The Kier molecular flexibility index (Phi) is 4.20. The maximum absolute atomic E-state index is 11.9. The molecule has 0 aliphatic carbocycles. The summed E-state index contributed by atoms with van der Waals surface area (Å²) in [6.07, 6.45) is 2.71. The summed E-state index contributed by atoms with van der Waals surface area (Å²) in [7, 11) is 0. The number of rotatable bonds is 4. The van der Waals surface area contributed by atoms with Gasteiger partial charge in [0.1, 0.15) is 5.82 Å². The van der Waals surface area contributed by atoms with Gasteiger partial charge in [0, 0.05) is 17.0 Å². The van der Waals surface area contributed by atoms with Gasteiger partial charge >= 0.3 is 5.00 Å². The first-order chi connectivity index (χ1) is 11.5. The van der Waals surface area contributed by atoms with E-state index in [1.165, 1.54) is 24.3 Å². The summed E-state index contributed by atoms with van der Waals surface area (Å²) in [6, 6.07) is 6.05. The number of thiophene rings is 1. The van der Waals surface area contributed by atoms with Gasteiger partial charge in [-0.3, -0.25) is 19.7 Å². The number of fused-ring (bicyclic) bond motifs is 1. The molecule has 0 atom stereocenters. The summed E-state index contributed by atoms with van der Waals surface area (Å²) < 4.78 is 5.17. The zero-order chi connectivity index (χ0) is 17.1. The minimum atomic E-state index is -0.491. The Hall–Kier alpha value is -3.27. The third-order valence-corrected chi connectivity index (χ3v) is 3.92. The zero-order valence-corrected chi connectivity index (χ0v) is 12.8. The van der Waals surface area contributed by atoms with Gasteiger partial charge in [0.15, 0.2) is 18.2 Å². The molecule has 0 saturated heterocycles. The molecule has 2 N–H and O–H groups in total. The molecular weight excluding hydrogens is 336 g/mol. The van der Waals surface area contributed by atoms with Crippen molar-refractivity contribution < 1.29 is 19.2 Å². The molecule has 0 saturated carbocycles. The minimum Gasteiger partial charge on any atom is -0.480 e. The van der Waals surface area contributed by atoms with Crippen LogP contribution in [-0.4, -0.2) is 28.3 Å². The van der Waals surface area contributed by atoms with Gasteiger partial charge < -0.3 is 15.4 Å². The molecule has 0 spiro atoms. The Morgan fingerprint density at radius 2 is 2.25 bits per heavy atom. The highest BCUT2D eigenvalue weighted by Crippen LogP contribution is 2.27. The Bertz CT molecular complexity index is 861. The largest absolute Gasteiger partial charge is 0.480 e. The Morgan fingerprint density at radius 1 is 1.42 bits per heavy atom. The van der Waals surface area contributed by atoms with Crippen molar-refractivity contribution in [1.82, 2.24) is 4.98 Å². The van der Waals surface area contributed by atoms with E-state index in [0.29, 0.717) is 10.6 Å². The number of pyridine rings is 1. The monoisotopic (exact) mass is 346 g/mol. The predicted octanol–water partition coefficient (Wildman–Crippen LogP) is 2.03. The van der Waals surface area contributed by atoms with Crippen molar-refractivity contribution in [3.63, 3.8) is 0 Å². The first-order valence-corrected chi connectivity index (χ1v) is 7.50. The van der Waals surface area contributed by atoms with Crippen molar-refractivity contribution in [3.05, 3.63) is 45.3 Å². The molecule has 0 aromatic carbocycles. The number of ether oxygens (including phenoxy) is 1. The van der Waals surface area contributed by atoms with Gasteiger partial charge in [-0.15, -0.1) is 0 Å². The number of nitro groups is 1. The molecule has 1 aliphatic rings. The van der Waals surface area contributed by atoms with E-state index in [0.717, 1.165) is 11.3 Å². The van der Waals surface area contributed by atoms with Crippen LogP contribution in [-0.2, 0) is 9.59 Å². The lowest BCUT2D eigenvalue weighted by atomic mass is 10.3. The van der Waals surface area contributed by atoms with Crippen LogP contribution >= 0.6 is 11.3 Å². The molecule has 0 bridgehead atoms. The number of nitrogens with one attached hydrogen (secondary N) is 2. The van der Waals surface area contributed by atoms with Crippen LogP contribution in [0.25, 0.3) is 6.08 Å². The van der Waals surface area contributed by atoms with Gasteiger partial charge in [-0.05, 0) is 24.3 Å². The fraction of sp³-hybridized carbons (Fsp3) is 0.0714. The zero-order valence-electron chi connectivity index (χ0n) is 12.0. The third-order valence-electron chi connectivity index (χ3n) is 2.92. The lowest BCUT2D eigenvalue weighted by Crippen LogP contribution is -2.26. The number of hydrogen-bond donors (Lipinski definition) is 2. The lowest BCUT2D eigenvalue weighted by Gasteiger charge is -2.17. The van der Waals surface area contributed by atoms with E-state index < -0.39 is 10.8 Å². The summed E-state index contributed by atoms with van der Waals surface area (Å²) in [4.78, 5) is 37.9. The molecule has 0 fully saturated rings. The highest BCUT2D eigenvalue weighted by atomic mass is 32.1. The summed E-state index contributed by atoms with van der Waals surface area (Å²) in [5.74, 6) is 0.126. The van der Waals surface area contributed by atoms with Crippen LogP contribution in [0.3, 0.4) is 0 Å². The fourth-order valence-electron chi connectivity index (χ4n) is 1.89. The van der Waals surface area contributed by atoms with Crippen molar-refractivity contribution in [1.29, 1.82) is 0 Å². The summed E-state index contributed by atoms with van der Waals surface area (Å²) >= 11 is 0.963. The van der Waals surface area contributed by atoms with Crippen LogP contribution in [0.5, 0.6) is 5.75 Å². The molecule has 24 heavy (non-hydrogen) atoms. The number of hydrogen-bond acceptors (Lipinski definition) is 7. The van der Waals surface area contributed by atoms with Gasteiger partial charge in [-0.25, -0.2) is 4.98 Å². The molecule has 2 aromatic heterocycles. The average Bonchev–Trinajstić information content (AvgIpc) is 3.02. The third kappa shape index (κ3) is 3.55. The highest BCUT2D eigenvalue weighted by Gasteiger charge is 2.17. The topological polar surface area (TPSA) is 123 Å². The SMILES string of the molecule is O=C(/C=C/c1ccc([N+](=O)[O-])s1)Nc1ccc2c(n1)NC(=O)CO2. The second-order valence-corrected chi connectivity index (χ2v) is 5.73. The summed E-state index contributed by atoms with van der Waals surface area (Å²) in [6.45, 7) is -0.0733. The van der Waals surface area contributed by atoms with Crippen molar-refractivity contribution in [2.24, 2.45) is 0 Å². The standard InChI is InChI=1S/C14H10N4O5S/c19-11(5-1-8-2-6-13(24-8)18(21)22)15-10-4-3-9-14(16-10)17-12(20)7-23-9/h1-6H,7H2,(H2,15,16,17,19,20)/b5-1+. The van der Waals surface area contributed by atoms with Crippen molar-refractivity contribution in [2.75, 3.05) is 17.2 Å². The lowest BCUT2D eigenvalue weighted by molar-refractivity contribution is -0.380. The van der Waals surface area contributed by atoms with Gasteiger partial charge in [-0.2, -0.15) is 0 Å². The van der Waals surface area contributed by atoms with Crippen LogP contribution in [0.4, 0.5) is 16.6 Å². The van der Waals surface area contributed by atoms with Crippen LogP contribution in [0.15, 0.2) is 30.3 Å². The predicted molar refractivity (Wildman–Crippen MR) is 87.0 cm³/mol. The number of carbonyl (C=O) groups excluding carboxylic acids is 2. The van der Waals surface area contributed by atoms with Gasteiger partial charge in [0.2, 0.25) is 5.91 Å². The molecule has 2 aromatic rings. The van der Waals surface area contributed by atoms with E-state index in [4.69, 9.17) is 4.74 Å². The van der Waals surface area contributed by atoms with Gasteiger partial charge in [0.05, 0.1) is 4.92 Å². The van der Waals surface area contributed by atoms with E-state index >= 15 is 0 Å². The molecule has 10 heteroatoms. The fourth-order valence-corrected chi connectivity index (χ4v) is 2.61. The quantitative estimate of drug-likeness (QED) is 0.496. The first kappa shape index (κ1) is 15.6. The van der Waals surface area contributed by atoms with E-state index in [2.05, 4.69) is 15.6 Å². The minimum absolute atomic E-state index is 0.00199. The Labute approximate surface area is 139 Å².